The van der Waals surface area contributed by atoms with Crippen molar-refractivity contribution in [2.45, 2.75) is 32.9 Å². The van der Waals surface area contributed by atoms with E-state index in [9.17, 15) is 4.39 Å². The van der Waals surface area contributed by atoms with Gasteiger partial charge in [-0.05, 0) is 38.5 Å². The van der Waals surface area contributed by atoms with Crippen molar-refractivity contribution in [2.24, 2.45) is 4.99 Å². The molecule has 1 aromatic heterocycles. The van der Waals surface area contributed by atoms with Gasteiger partial charge in [0.15, 0.2) is 5.96 Å². The van der Waals surface area contributed by atoms with E-state index in [2.05, 4.69) is 41.4 Å². The molecule has 6 heteroatoms. The lowest BCUT2D eigenvalue weighted by molar-refractivity contribution is 0.501. The van der Waals surface area contributed by atoms with Crippen molar-refractivity contribution in [2.75, 3.05) is 7.05 Å². The molecule has 22 heavy (non-hydrogen) atoms. The maximum Gasteiger partial charge on any atom is 0.191 e. The summed E-state index contributed by atoms with van der Waals surface area (Å²) in [6, 6.07) is 5.15. The second-order valence-electron chi connectivity index (χ2n) is 6.06. The predicted molar refractivity (Wildman–Crippen MR) is 86.6 cm³/mol. The lowest BCUT2D eigenvalue weighted by Crippen LogP contribution is -2.47. The third kappa shape index (κ3) is 4.31. The van der Waals surface area contributed by atoms with Crippen LogP contribution in [0, 0.1) is 5.82 Å². The number of halogens is 1. The molecule has 2 N–H and O–H groups in total. The Morgan fingerprint density at radius 3 is 2.68 bits per heavy atom. The van der Waals surface area contributed by atoms with Gasteiger partial charge in [0.25, 0.3) is 0 Å². The maximum atomic E-state index is 14.2. The van der Waals surface area contributed by atoms with E-state index in [4.69, 9.17) is 0 Å². The van der Waals surface area contributed by atoms with Crippen LogP contribution in [0.15, 0.2) is 41.9 Å². The van der Waals surface area contributed by atoms with Gasteiger partial charge in [-0.3, -0.25) is 4.99 Å². The summed E-state index contributed by atoms with van der Waals surface area (Å²) >= 11 is 0. The molecular weight excluding hydrogens is 281 g/mol. The summed E-state index contributed by atoms with van der Waals surface area (Å²) in [6.07, 6.45) is 4.91. The molecule has 5 nitrogen and oxygen atoms in total. The summed E-state index contributed by atoms with van der Waals surface area (Å²) in [5, 5.41) is 6.43. The minimum atomic E-state index is -0.281. The highest BCUT2D eigenvalue weighted by molar-refractivity contribution is 5.80. The van der Waals surface area contributed by atoms with Crippen LogP contribution in [0.4, 0.5) is 4.39 Å². The molecule has 1 aromatic carbocycles. The van der Waals surface area contributed by atoms with Crippen LogP contribution >= 0.6 is 0 Å². The quantitative estimate of drug-likeness (QED) is 0.676. The zero-order valence-electron chi connectivity index (χ0n) is 13.4. The molecule has 0 saturated heterocycles. The molecule has 118 valence electrons. The minimum Gasteiger partial charge on any atom is -0.352 e. The number of guanidine groups is 1. The molecule has 0 unspecified atom stereocenters. The van der Waals surface area contributed by atoms with Gasteiger partial charge in [-0.25, -0.2) is 9.37 Å². The van der Waals surface area contributed by atoms with E-state index < -0.39 is 0 Å². The third-order valence-electron chi connectivity index (χ3n) is 2.97. The van der Waals surface area contributed by atoms with Crippen LogP contribution in [-0.4, -0.2) is 28.1 Å². The molecule has 0 aliphatic heterocycles. The van der Waals surface area contributed by atoms with Crippen LogP contribution in [0.1, 0.15) is 26.3 Å². The first-order chi connectivity index (χ1) is 10.4. The highest BCUT2D eigenvalue weighted by Gasteiger charge is 2.12. The fourth-order valence-corrected chi connectivity index (χ4v) is 1.99. The first-order valence-electron chi connectivity index (χ1n) is 7.14. The Morgan fingerprint density at radius 2 is 2.14 bits per heavy atom. The number of imidazole rings is 1. The molecule has 0 saturated carbocycles. The normalized spacial score (nSPS) is 12.3. The summed E-state index contributed by atoms with van der Waals surface area (Å²) < 4.78 is 15.8. The van der Waals surface area contributed by atoms with Crippen molar-refractivity contribution < 1.29 is 4.39 Å². The molecule has 0 spiro atoms. The van der Waals surface area contributed by atoms with Crippen LogP contribution in [0.25, 0.3) is 5.69 Å². The zero-order valence-corrected chi connectivity index (χ0v) is 13.4. The number of hydrogen-bond acceptors (Lipinski definition) is 2. The Balaban J connectivity index is 2.04. The highest BCUT2D eigenvalue weighted by atomic mass is 19.1. The molecule has 0 atom stereocenters. The average Bonchev–Trinajstić information content (AvgIpc) is 2.96. The largest absolute Gasteiger partial charge is 0.352 e. The van der Waals surface area contributed by atoms with Gasteiger partial charge in [-0.2, -0.15) is 0 Å². The molecule has 2 rings (SSSR count). The average molecular weight is 303 g/mol. The Morgan fingerprint density at radius 1 is 1.36 bits per heavy atom. The number of nitrogens with zero attached hydrogens (tertiary/aromatic N) is 3. The van der Waals surface area contributed by atoms with E-state index in [1.807, 2.05) is 6.07 Å². The SMILES string of the molecule is CN=C(NCc1ccc(-n2ccnc2)c(F)c1)NC(C)(C)C. The smallest absolute Gasteiger partial charge is 0.191 e. The minimum absolute atomic E-state index is 0.0849. The van der Waals surface area contributed by atoms with Crippen LogP contribution in [0.5, 0.6) is 0 Å². The van der Waals surface area contributed by atoms with Crippen LogP contribution in [-0.2, 0) is 6.54 Å². The molecule has 0 radical (unpaired) electrons. The van der Waals surface area contributed by atoms with E-state index in [0.29, 0.717) is 18.2 Å². The zero-order chi connectivity index (χ0) is 16.2. The molecule has 0 aliphatic rings. The van der Waals surface area contributed by atoms with Gasteiger partial charge in [0.05, 0.1) is 12.0 Å². The van der Waals surface area contributed by atoms with Crippen molar-refractivity contribution >= 4 is 5.96 Å². The van der Waals surface area contributed by atoms with Gasteiger partial charge in [0, 0.05) is 31.5 Å². The van der Waals surface area contributed by atoms with Gasteiger partial charge in [-0.15, -0.1) is 0 Å². The Kier molecular flexibility index (Phi) is 4.80. The summed E-state index contributed by atoms with van der Waals surface area (Å²) in [5.41, 5.74) is 1.25. The van der Waals surface area contributed by atoms with Crippen LogP contribution in [0.2, 0.25) is 0 Å². The number of aromatic nitrogens is 2. The Labute approximate surface area is 130 Å². The van der Waals surface area contributed by atoms with Crippen LogP contribution < -0.4 is 10.6 Å². The summed E-state index contributed by atoms with van der Waals surface area (Å²) in [5.74, 6) is 0.405. The first-order valence-corrected chi connectivity index (χ1v) is 7.14. The van der Waals surface area contributed by atoms with E-state index >= 15 is 0 Å². The van der Waals surface area contributed by atoms with Crippen molar-refractivity contribution in [3.63, 3.8) is 0 Å². The van der Waals surface area contributed by atoms with E-state index in [0.717, 1.165) is 5.56 Å². The number of nitrogens with one attached hydrogen (secondary N) is 2. The van der Waals surface area contributed by atoms with Gasteiger partial charge in [-0.1, -0.05) is 6.07 Å². The number of aliphatic imine (C=N–C) groups is 1. The molecule has 0 amide bonds. The molecule has 0 bridgehead atoms. The maximum absolute atomic E-state index is 14.2. The van der Waals surface area contributed by atoms with Crippen molar-refractivity contribution in [1.82, 2.24) is 20.2 Å². The monoisotopic (exact) mass is 303 g/mol. The van der Waals surface area contributed by atoms with E-state index in [1.54, 1.807) is 36.4 Å². The molecule has 0 fully saturated rings. The van der Waals surface area contributed by atoms with Crippen LogP contribution in [0.3, 0.4) is 0 Å². The second-order valence-corrected chi connectivity index (χ2v) is 6.06. The Hall–Kier alpha value is -2.37. The molecule has 1 heterocycles. The molecule has 0 aliphatic carbocycles. The van der Waals surface area contributed by atoms with Crippen molar-refractivity contribution in [3.05, 3.63) is 48.3 Å². The van der Waals surface area contributed by atoms with Crippen molar-refractivity contribution in [3.8, 4) is 5.69 Å². The summed E-state index contributed by atoms with van der Waals surface area (Å²) in [6.45, 7) is 6.66. The lowest BCUT2D eigenvalue weighted by Gasteiger charge is -2.23. The number of benzene rings is 1. The number of hydrogen-bond donors (Lipinski definition) is 2. The highest BCUT2D eigenvalue weighted by Crippen LogP contribution is 2.14. The lowest BCUT2D eigenvalue weighted by atomic mass is 10.1. The van der Waals surface area contributed by atoms with E-state index in [-0.39, 0.29) is 11.4 Å². The van der Waals surface area contributed by atoms with Crippen molar-refractivity contribution in [1.29, 1.82) is 0 Å². The van der Waals surface area contributed by atoms with Gasteiger partial charge in [0.1, 0.15) is 5.82 Å². The first kappa shape index (κ1) is 16.0. The van der Waals surface area contributed by atoms with Gasteiger partial charge in [0.2, 0.25) is 0 Å². The topological polar surface area (TPSA) is 54.2 Å². The summed E-state index contributed by atoms with van der Waals surface area (Å²) in [4.78, 5) is 8.08. The molecular formula is C16H22FN5. The predicted octanol–water partition coefficient (Wildman–Crippen LogP) is 2.47. The number of rotatable bonds is 3. The fourth-order valence-electron chi connectivity index (χ4n) is 1.99. The second kappa shape index (κ2) is 6.60. The summed E-state index contributed by atoms with van der Waals surface area (Å²) in [7, 11) is 1.71. The third-order valence-corrected chi connectivity index (χ3v) is 2.97. The van der Waals surface area contributed by atoms with Gasteiger partial charge >= 0.3 is 0 Å². The Bertz CT molecular complexity index is 641. The van der Waals surface area contributed by atoms with Gasteiger partial charge < -0.3 is 15.2 Å². The molecule has 2 aromatic rings. The van der Waals surface area contributed by atoms with E-state index in [1.165, 1.54) is 6.07 Å². The fraction of sp³-hybridized carbons (Fsp3) is 0.375. The standard InChI is InChI=1S/C16H22FN5/c1-16(2,3)21-15(18-4)20-10-12-5-6-14(13(17)9-12)22-8-7-19-11-22/h5-9,11H,10H2,1-4H3,(H2,18,20,21).